The highest BCUT2D eigenvalue weighted by molar-refractivity contribution is 6.36. The van der Waals surface area contributed by atoms with E-state index in [-0.39, 0.29) is 27.1 Å². The number of hydrogen-bond acceptors (Lipinski definition) is 12. The fourth-order valence-corrected chi connectivity index (χ4v) is 3.21. The summed E-state index contributed by atoms with van der Waals surface area (Å²) in [4.78, 5) is 51.7. The number of fused-ring (bicyclic) bond motifs is 2. The van der Waals surface area contributed by atoms with Gasteiger partial charge in [-0.25, -0.2) is 9.59 Å². The summed E-state index contributed by atoms with van der Waals surface area (Å²) in [6.45, 7) is -1.02. The van der Waals surface area contributed by atoms with Crippen LogP contribution in [-0.2, 0) is 16.0 Å². The minimum absolute atomic E-state index is 0.0104. The van der Waals surface area contributed by atoms with Crippen molar-refractivity contribution in [3.63, 3.8) is 0 Å². The highest BCUT2D eigenvalue weighted by atomic mass is 35.5. The number of carbonyl (C=O) groups is 3. The van der Waals surface area contributed by atoms with Crippen LogP contribution in [0.2, 0.25) is 5.02 Å². The predicted octanol–water partition coefficient (Wildman–Crippen LogP) is -2.35. The third-order valence-electron chi connectivity index (χ3n) is 4.08. The van der Waals surface area contributed by atoms with E-state index in [1.54, 1.807) is 0 Å². The molecule has 1 aromatic heterocycles. The van der Waals surface area contributed by atoms with Gasteiger partial charge in [-0.05, 0) is 6.07 Å². The molecule has 0 saturated heterocycles. The number of esters is 1. The van der Waals surface area contributed by atoms with Gasteiger partial charge in [0, 0.05) is 22.6 Å². The number of H-pyrrole nitrogens is 1. The van der Waals surface area contributed by atoms with Crippen LogP contribution in [0.3, 0.4) is 0 Å². The van der Waals surface area contributed by atoms with E-state index in [0.717, 1.165) is 6.07 Å². The molecule has 166 valence electrons. The Kier molecular flexibility index (Phi) is 5.49. The number of aromatic nitrogens is 1. The number of amides is 1. The smallest absolute Gasteiger partial charge is 0.379 e. The van der Waals surface area contributed by atoms with Gasteiger partial charge in [0.25, 0.3) is 0 Å². The zero-order valence-corrected chi connectivity index (χ0v) is 15.8. The maximum atomic E-state index is 12.4. The molecule has 2 heterocycles. The zero-order chi connectivity index (χ0) is 23.3. The third kappa shape index (κ3) is 4.80. The summed E-state index contributed by atoms with van der Waals surface area (Å²) < 4.78 is 7.86. The fourth-order valence-electron chi connectivity index (χ4n) is 2.90. The van der Waals surface area contributed by atoms with Gasteiger partial charge in [0.1, 0.15) is 5.69 Å². The first-order chi connectivity index (χ1) is 14.2. The summed E-state index contributed by atoms with van der Waals surface area (Å²) in [6.07, 6.45) is -9.06. The first kappa shape index (κ1) is 22.6. The lowest BCUT2D eigenvalue weighted by molar-refractivity contribution is -0.433. The van der Waals surface area contributed by atoms with Gasteiger partial charge in [-0.1, -0.05) is 11.6 Å². The molecular formula is C16H13ClN2O12. The number of ether oxygens (including phenoxy) is 2. The van der Waals surface area contributed by atoms with Crippen molar-refractivity contribution in [1.82, 2.24) is 9.88 Å². The Bertz CT molecular complexity index is 1160. The summed E-state index contributed by atoms with van der Waals surface area (Å²) >= 11 is 6.26. The zero-order valence-electron chi connectivity index (χ0n) is 15.0. The van der Waals surface area contributed by atoms with Crippen molar-refractivity contribution < 1.29 is 54.5 Å². The largest absolute Gasteiger partial charge is 0.456 e. The van der Waals surface area contributed by atoms with Crippen molar-refractivity contribution in [3.8, 4) is 0 Å². The molecule has 0 aliphatic carbocycles. The molecule has 31 heavy (non-hydrogen) atoms. The van der Waals surface area contributed by atoms with Crippen LogP contribution in [0.4, 0.5) is 4.79 Å². The molecule has 1 amide bonds. The van der Waals surface area contributed by atoms with E-state index in [2.05, 4.69) is 14.5 Å². The molecule has 14 nitrogen and oxygen atoms in total. The third-order valence-corrected chi connectivity index (χ3v) is 4.50. The molecule has 0 saturated carbocycles. The molecule has 1 aliphatic rings. The fraction of sp³-hybridized carbons (Fsp3) is 0.250. The van der Waals surface area contributed by atoms with E-state index in [1.165, 1.54) is 0 Å². The van der Waals surface area contributed by atoms with Crippen LogP contribution in [0.15, 0.2) is 16.9 Å². The van der Waals surface area contributed by atoms with Crippen molar-refractivity contribution in [2.24, 2.45) is 0 Å². The Labute approximate surface area is 175 Å². The van der Waals surface area contributed by atoms with E-state index in [0.29, 0.717) is 11.0 Å². The molecule has 0 spiro atoms. The molecule has 15 heteroatoms. The molecule has 0 radical (unpaired) electrons. The molecule has 3 rings (SSSR count). The van der Waals surface area contributed by atoms with Crippen LogP contribution >= 0.6 is 11.6 Å². The van der Waals surface area contributed by atoms with E-state index < -0.39 is 54.4 Å². The Morgan fingerprint density at radius 2 is 1.61 bits per heavy atom. The maximum Gasteiger partial charge on any atom is 0.456 e. The van der Waals surface area contributed by atoms with Crippen molar-refractivity contribution in [2.45, 2.75) is 18.9 Å². The number of Topliss-reactive ketones (excluding diaryl/α,β-unsaturated/α-hetero) is 1. The number of rotatable bonds is 3. The summed E-state index contributed by atoms with van der Waals surface area (Å²) in [5.74, 6) is -2.23. The second-order valence-electron chi connectivity index (χ2n) is 6.37. The molecule has 0 bridgehead atoms. The topological polar surface area (TPSA) is 227 Å². The number of aromatic amines is 1. The van der Waals surface area contributed by atoms with Gasteiger partial charge >= 0.3 is 24.4 Å². The number of pyridine rings is 1. The molecule has 1 aliphatic heterocycles. The molecule has 0 fully saturated rings. The first-order valence-corrected chi connectivity index (χ1v) is 8.51. The normalized spacial score (nSPS) is 14.4. The number of hydrogen-bond donors (Lipinski definition) is 7. The molecular weight excluding hydrogens is 448 g/mol. The molecule has 7 N–H and O–H groups in total. The maximum absolute atomic E-state index is 12.4. The lowest BCUT2D eigenvalue weighted by Crippen LogP contribution is -2.45. The van der Waals surface area contributed by atoms with Crippen LogP contribution in [0.25, 0.3) is 10.9 Å². The van der Waals surface area contributed by atoms with Crippen LogP contribution < -0.4 is 5.43 Å². The van der Waals surface area contributed by atoms with Crippen molar-refractivity contribution in [1.29, 1.82) is 0 Å². The number of ketones is 1. The monoisotopic (exact) mass is 460 g/mol. The molecule has 0 unspecified atom stereocenters. The minimum atomic E-state index is -3.81. The second kappa shape index (κ2) is 7.54. The standard InChI is InChI=1S/C16H13ClN2O12/c17-11-7-3-19(14(23)31-16(27,28)29)4-10(21)5(7)1-6-9(20)2-8(18-12(6)11)13(22)30-15(24,25)26/h1-2,24-29H,3-4H2,(H,18,20). The summed E-state index contributed by atoms with van der Waals surface area (Å²) in [5, 5.41) is 52.1. The first-order valence-electron chi connectivity index (χ1n) is 8.13. The van der Waals surface area contributed by atoms with Gasteiger partial charge in [0.2, 0.25) is 0 Å². The van der Waals surface area contributed by atoms with Gasteiger partial charge in [-0.15, -0.1) is 0 Å². The second-order valence-corrected chi connectivity index (χ2v) is 6.75. The predicted molar refractivity (Wildman–Crippen MR) is 95.0 cm³/mol. The SMILES string of the molecule is O=C(OC(O)(O)O)c1cc(=O)c2cc3c(c(Cl)c2[nH]1)CN(C(=O)OC(O)(O)O)CC3=O. The van der Waals surface area contributed by atoms with Gasteiger partial charge < -0.3 is 45.1 Å². The number of halogens is 1. The number of nitrogens with one attached hydrogen (secondary N) is 1. The van der Waals surface area contributed by atoms with Crippen LogP contribution in [0.1, 0.15) is 26.4 Å². The highest BCUT2D eigenvalue weighted by Crippen LogP contribution is 2.32. The quantitative estimate of drug-likeness (QED) is 0.188. The van der Waals surface area contributed by atoms with Gasteiger partial charge in [-0.3, -0.25) is 14.5 Å². The van der Waals surface area contributed by atoms with E-state index in [9.17, 15) is 19.2 Å². The lowest BCUT2D eigenvalue weighted by Gasteiger charge is -2.29. The van der Waals surface area contributed by atoms with E-state index >= 15 is 0 Å². The van der Waals surface area contributed by atoms with E-state index in [1.807, 2.05) is 0 Å². The van der Waals surface area contributed by atoms with Gasteiger partial charge in [0.15, 0.2) is 11.2 Å². The van der Waals surface area contributed by atoms with Crippen LogP contribution in [0, 0.1) is 0 Å². The van der Waals surface area contributed by atoms with Crippen molar-refractivity contribution in [2.75, 3.05) is 6.54 Å². The summed E-state index contributed by atoms with van der Waals surface area (Å²) in [6, 6.07) is 1.86. The van der Waals surface area contributed by atoms with Gasteiger partial charge in [0.05, 0.1) is 23.6 Å². The van der Waals surface area contributed by atoms with Gasteiger partial charge in [-0.2, -0.15) is 0 Å². The average molecular weight is 461 g/mol. The molecule has 0 atom stereocenters. The molecule has 1 aromatic carbocycles. The van der Waals surface area contributed by atoms with Crippen molar-refractivity contribution in [3.05, 3.63) is 44.2 Å². The highest BCUT2D eigenvalue weighted by Gasteiger charge is 2.35. The number of carbonyl (C=O) groups excluding carboxylic acids is 3. The summed E-state index contributed by atoms with van der Waals surface area (Å²) in [5.41, 5.74) is -1.69. The minimum Gasteiger partial charge on any atom is -0.379 e. The number of aliphatic hydroxyl groups is 6. The Morgan fingerprint density at radius 3 is 2.19 bits per heavy atom. The van der Waals surface area contributed by atoms with E-state index in [4.69, 9.17) is 42.2 Å². The van der Waals surface area contributed by atoms with Crippen LogP contribution in [0.5, 0.6) is 0 Å². The van der Waals surface area contributed by atoms with Crippen molar-refractivity contribution >= 4 is 40.3 Å². The number of nitrogens with zero attached hydrogens (tertiary/aromatic N) is 1. The number of benzene rings is 1. The lowest BCUT2D eigenvalue weighted by atomic mass is 9.96. The Hall–Kier alpha value is -3.11. The summed E-state index contributed by atoms with van der Waals surface area (Å²) in [7, 11) is 0. The molecule has 2 aromatic rings. The Balaban J connectivity index is 2.08. The van der Waals surface area contributed by atoms with Crippen LogP contribution in [-0.4, -0.2) is 77.2 Å². The average Bonchev–Trinajstić information content (AvgIpc) is 2.60. The Morgan fingerprint density at radius 1 is 1.00 bits per heavy atom.